The number of nitrogens with two attached hydrogens (primary N) is 1. The van der Waals surface area contributed by atoms with Crippen molar-refractivity contribution in [3.05, 3.63) is 202 Å². The quantitative estimate of drug-likeness (QED) is 0.00731. The molecule has 0 aliphatic carbocycles. The number of nitrogens with zero attached hydrogens (tertiary/aromatic N) is 4. The molecule has 10 amide bonds. The van der Waals surface area contributed by atoms with Crippen molar-refractivity contribution in [2.45, 2.75) is 263 Å². The lowest BCUT2D eigenvalue weighted by atomic mass is 9.97. The second-order valence-electron chi connectivity index (χ2n) is 35.2. The number of aliphatic hydroxyl groups excluding tert-OH is 1. The van der Waals surface area contributed by atoms with E-state index in [4.69, 9.17) is 34.2 Å². The van der Waals surface area contributed by atoms with E-state index in [2.05, 4.69) is 26.6 Å². The summed E-state index contributed by atoms with van der Waals surface area (Å²) in [5, 5.41) is 23.1. The minimum absolute atomic E-state index is 0.0262. The highest BCUT2D eigenvalue weighted by Gasteiger charge is 2.40. The van der Waals surface area contributed by atoms with Crippen LogP contribution in [0.3, 0.4) is 0 Å². The van der Waals surface area contributed by atoms with Crippen LogP contribution in [-0.2, 0) is 112 Å². The van der Waals surface area contributed by atoms with Crippen molar-refractivity contribution in [1.82, 2.24) is 46.2 Å². The second kappa shape index (κ2) is 56.4. The fourth-order valence-corrected chi connectivity index (χ4v) is 13.9. The van der Waals surface area contributed by atoms with Gasteiger partial charge in [-0.2, -0.15) is 0 Å². The van der Waals surface area contributed by atoms with Gasteiger partial charge in [0.05, 0.1) is 13.1 Å². The van der Waals surface area contributed by atoms with Gasteiger partial charge >= 0.3 is 23.9 Å². The van der Waals surface area contributed by atoms with Crippen LogP contribution in [0.4, 0.5) is 0 Å². The number of hydrogen-bond donors (Lipinski definition) is 7. The maximum Gasteiger partial charge on any atom is 0.335 e. The molecule has 31 nitrogen and oxygen atoms in total. The zero-order chi connectivity index (χ0) is 99.8. The lowest BCUT2D eigenvalue weighted by molar-refractivity contribution is -0.157. The molecule has 31 heteroatoms. The first kappa shape index (κ1) is 113. The van der Waals surface area contributed by atoms with Gasteiger partial charge in [-0.3, -0.25) is 47.9 Å². The SMILES string of the molecule is C/C=C(\C)[C@@H](OC(=O)[C@@H](C)O)[C@@H](C)/C=C/C=C(\C)C(=O)O[C@H](CC(C)C)C(=O)N[C@@H](C)C(=O)N(C)[C@H](Cc1ccc(OCc2ccccc2)cc1)C(=O)N(C)CC(=O)N[C@H](C(N)=O)C(C)CC.C/C=C(\C)[C@H]1OC(=O)[C@@H](C)NC(=O)[C@H](C(C)CC)NC(=O)CN(C)C(=O)[C@@H](Cc2ccc(OCc3ccccc3)cc2)N(C)C(=O)[C@H](C)NC(=O)[C@@H](CC(C)C)OC(=O)/C(C)=C/C=C/[C@@H]1C. The monoisotopic (exact) mass is 1850 g/mol. The van der Waals surface area contributed by atoms with Gasteiger partial charge in [0.2, 0.25) is 47.3 Å². The van der Waals surface area contributed by atoms with Crippen LogP contribution in [0.5, 0.6) is 11.5 Å². The molecule has 4 aromatic carbocycles. The molecular formula is C102H144N10O21. The fourth-order valence-electron chi connectivity index (χ4n) is 13.9. The minimum Gasteiger partial charge on any atom is -0.489 e. The number of carbonyl (C=O) groups excluding carboxylic acids is 14. The predicted molar refractivity (Wildman–Crippen MR) is 508 cm³/mol. The Morgan fingerprint density at radius 3 is 1.75 bits per heavy atom. The van der Waals surface area contributed by atoms with Crippen LogP contribution in [-0.4, -0.2) is 222 Å². The van der Waals surface area contributed by atoms with Gasteiger partial charge < -0.3 is 85.4 Å². The first-order valence-electron chi connectivity index (χ1n) is 45.5. The topological polar surface area (TPSA) is 414 Å². The molecule has 8 N–H and O–H groups in total. The number of primary amides is 1. The lowest BCUT2D eigenvalue weighted by Crippen LogP contribution is -2.57. The number of carbonyl (C=O) groups is 14. The van der Waals surface area contributed by atoms with Gasteiger partial charge in [-0.05, 0) is 163 Å². The zero-order valence-electron chi connectivity index (χ0n) is 82.0. The Kier molecular flexibility index (Phi) is 47.8. The van der Waals surface area contributed by atoms with Crippen molar-refractivity contribution in [1.29, 1.82) is 0 Å². The smallest absolute Gasteiger partial charge is 0.335 e. The molecular weight excluding hydrogens is 1700 g/mol. The number of allylic oxidation sites excluding steroid dienone is 6. The van der Waals surface area contributed by atoms with Crippen LogP contribution >= 0.6 is 0 Å². The molecule has 728 valence electrons. The average molecular weight is 1850 g/mol. The summed E-state index contributed by atoms with van der Waals surface area (Å²) in [6.07, 6.45) is 9.66. The van der Waals surface area contributed by atoms with E-state index in [1.807, 2.05) is 136 Å². The molecule has 0 bridgehead atoms. The maximum absolute atomic E-state index is 14.4. The number of aliphatic hydroxyl groups is 1. The van der Waals surface area contributed by atoms with Gasteiger partial charge in [0, 0.05) is 64.0 Å². The van der Waals surface area contributed by atoms with Crippen molar-refractivity contribution in [3.63, 3.8) is 0 Å². The van der Waals surface area contributed by atoms with Crippen LogP contribution in [0.1, 0.15) is 186 Å². The molecule has 133 heavy (non-hydrogen) atoms. The standard InChI is InChI=1S/C51H73N5O11.C51H71N5O10/c1-13-32(5)44(46(52)59)54-43(58)29-55(11)49(62)41(28-38-23-25-40(26-24-38)65-30-39-21-16-15-17-22-39)56(12)48(61)36(9)53-47(60)42(27-31(3)4)66-50(63)35(8)20-18-19-34(7)45(33(6)14-2)67-51(64)37(10)57;1-13-32(5)44-47(59)53-37(10)51(63)66-45(33(6)14-2)34(7)19-18-20-35(8)50(62)65-42(27-31(3)4)46(58)52-36(9)48(60)56(12)41(49(61)55(11)29-43(57)54-44)28-38-23-25-40(26-24-38)64-30-39-21-16-15-17-22-39/h14-26,31-32,34,36-37,41-42,44-45,57H,13,27-30H2,1-12H3,(H2,52,59)(H,53,60)(H,54,58);14-26,31-32,34,36-37,41-42,44-45H,13,27-30H2,1-12H3,(H,52,58)(H,53,59)(H,54,57)/b2*19-18+,33-14+,35-20+/t2*32?,34-,36-,37+,41+,42+,44-,45+/m00/s1. The van der Waals surface area contributed by atoms with E-state index in [9.17, 15) is 72.2 Å². The summed E-state index contributed by atoms with van der Waals surface area (Å²) in [6.45, 7) is 34.2. The van der Waals surface area contributed by atoms with E-state index in [0.717, 1.165) is 27.2 Å². The molecule has 0 saturated carbocycles. The highest BCUT2D eigenvalue weighted by atomic mass is 16.6. The molecule has 1 aliphatic heterocycles. The Bertz CT molecular complexity index is 4740. The summed E-state index contributed by atoms with van der Waals surface area (Å²) < 4.78 is 34.7. The third-order valence-electron chi connectivity index (χ3n) is 22.9. The first-order valence-corrected chi connectivity index (χ1v) is 45.5. The number of likely N-dealkylation sites (N-methyl/N-ethyl adjacent to an activating group) is 4. The van der Waals surface area contributed by atoms with E-state index >= 15 is 0 Å². The number of hydrogen-bond acceptors (Lipinski definition) is 21. The van der Waals surface area contributed by atoms with E-state index in [1.54, 1.807) is 114 Å². The van der Waals surface area contributed by atoms with Crippen molar-refractivity contribution in [3.8, 4) is 11.5 Å². The normalized spacial score (nSPS) is 20.7. The molecule has 5 rings (SSSR count). The zero-order valence-corrected chi connectivity index (χ0v) is 82.0. The number of nitrogens with one attached hydrogen (secondary N) is 5. The highest BCUT2D eigenvalue weighted by molar-refractivity contribution is 5.98. The number of benzene rings is 4. The van der Waals surface area contributed by atoms with Crippen molar-refractivity contribution < 1.29 is 101 Å². The second-order valence-corrected chi connectivity index (χ2v) is 35.2. The molecule has 0 saturated heterocycles. The maximum atomic E-state index is 14.4. The van der Waals surface area contributed by atoms with Crippen LogP contribution in [0.25, 0.3) is 0 Å². The molecule has 0 fully saturated rings. The fraction of sp³-hybridized carbons (Fsp3) is 0.510. The minimum atomic E-state index is -1.29. The van der Waals surface area contributed by atoms with Gasteiger partial charge in [-0.25, -0.2) is 19.2 Å². The number of cyclic esters (lactones) is 2. The van der Waals surface area contributed by atoms with Gasteiger partial charge in [0.1, 0.15) is 85.3 Å². The Morgan fingerprint density at radius 2 is 1.23 bits per heavy atom. The summed E-state index contributed by atoms with van der Waals surface area (Å²) in [5.74, 6) is -9.65. The number of esters is 4. The summed E-state index contributed by atoms with van der Waals surface area (Å²) in [5.41, 5.74) is 10.8. The Hall–Kier alpha value is -12.5. The molecule has 0 aromatic heterocycles. The van der Waals surface area contributed by atoms with Gasteiger partial charge in [-0.1, -0.05) is 216 Å². The Morgan fingerprint density at radius 1 is 0.669 bits per heavy atom. The van der Waals surface area contributed by atoms with Crippen molar-refractivity contribution in [2.75, 3.05) is 41.3 Å². The van der Waals surface area contributed by atoms with E-state index in [0.29, 0.717) is 48.7 Å². The molecule has 0 spiro atoms. The summed E-state index contributed by atoms with van der Waals surface area (Å²) in [4.78, 5) is 194. The largest absolute Gasteiger partial charge is 0.489 e. The molecule has 1 heterocycles. The molecule has 1 aliphatic rings. The van der Waals surface area contributed by atoms with E-state index in [-0.39, 0.29) is 72.3 Å². The first-order chi connectivity index (χ1) is 62.7. The molecule has 0 radical (unpaired) electrons. The van der Waals surface area contributed by atoms with Gasteiger partial charge in [0.25, 0.3) is 11.8 Å². The highest BCUT2D eigenvalue weighted by Crippen LogP contribution is 2.26. The number of ether oxygens (including phenoxy) is 6. The van der Waals surface area contributed by atoms with Crippen LogP contribution in [0.2, 0.25) is 0 Å². The van der Waals surface area contributed by atoms with Crippen molar-refractivity contribution in [2.24, 2.45) is 41.2 Å². The number of amides is 10. The van der Waals surface area contributed by atoms with Gasteiger partial charge in [-0.15, -0.1) is 0 Å². The number of rotatable bonds is 36. The molecule has 4 aromatic rings. The molecule has 16 atom stereocenters. The van der Waals surface area contributed by atoms with Gasteiger partial charge in [0.15, 0.2) is 12.2 Å². The third-order valence-corrected chi connectivity index (χ3v) is 22.9. The Labute approximate surface area is 785 Å². The lowest BCUT2D eigenvalue weighted by Gasteiger charge is -2.33. The van der Waals surface area contributed by atoms with Crippen LogP contribution in [0, 0.1) is 35.5 Å². The van der Waals surface area contributed by atoms with Crippen molar-refractivity contribution >= 4 is 82.9 Å². The Balaban J connectivity index is 0.000000556. The van der Waals surface area contributed by atoms with E-state index in [1.165, 1.54) is 89.7 Å². The summed E-state index contributed by atoms with van der Waals surface area (Å²) >= 11 is 0. The van der Waals surface area contributed by atoms with E-state index < -0.39 is 169 Å². The predicted octanol–water partition coefficient (Wildman–Crippen LogP) is 10.6. The molecule has 2 unspecified atom stereocenters. The van der Waals surface area contributed by atoms with Crippen LogP contribution < -0.4 is 41.8 Å². The summed E-state index contributed by atoms with van der Waals surface area (Å²) in [7, 11) is 5.71. The third kappa shape index (κ3) is 37.6. The average Bonchev–Trinajstić information content (AvgIpc) is 0.826. The van der Waals surface area contributed by atoms with Crippen LogP contribution in [0.15, 0.2) is 180 Å². The summed E-state index contributed by atoms with van der Waals surface area (Å²) in [6, 6.07) is 25.7.